The molecule has 3 aliphatic heterocycles. The van der Waals surface area contributed by atoms with Gasteiger partial charge in [0.1, 0.15) is 19.0 Å². The fraction of sp³-hybridized carbons (Fsp3) is 0.500. The second-order valence-electron chi connectivity index (χ2n) is 8.48. The molecule has 160 valence electrons. The molecule has 0 amide bonds. The average molecular weight is 412 g/mol. The second-order valence-corrected chi connectivity index (χ2v) is 8.48. The number of nitrogens with zero attached hydrogens (tertiary/aromatic N) is 3. The lowest BCUT2D eigenvalue weighted by atomic mass is 10.0. The highest BCUT2D eigenvalue weighted by molar-refractivity contribution is 5.48. The SMILES string of the molecule is Fc1ccccc1N1CCN(C2CCCN(Cc3ccc4c(c3)OCCO4)C2)CC1. The molecule has 0 radical (unpaired) electrons. The van der Waals surface area contributed by atoms with Crippen LogP contribution >= 0.6 is 0 Å². The summed E-state index contributed by atoms with van der Waals surface area (Å²) < 4.78 is 25.5. The Labute approximate surface area is 178 Å². The van der Waals surface area contributed by atoms with E-state index in [1.165, 1.54) is 18.4 Å². The molecular weight excluding hydrogens is 381 g/mol. The minimum Gasteiger partial charge on any atom is -0.486 e. The van der Waals surface area contributed by atoms with E-state index in [1.807, 2.05) is 18.2 Å². The third-order valence-electron chi connectivity index (χ3n) is 6.52. The molecule has 0 saturated carbocycles. The molecule has 5 nitrogen and oxygen atoms in total. The van der Waals surface area contributed by atoms with Crippen LogP contribution in [0.2, 0.25) is 0 Å². The standard InChI is InChI=1S/C24H30FN3O2/c25-21-5-1-2-6-22(21)28-12-10-27(11-13-28)20-4-3-9-26(18-20)17-19-7-8-23-24(16-19)30-15-14-29-23/h1-2,5-8,16,20H,3-4,9-15,17-18H2. The number of hydrogen-bond donors (Lipinski definition) is 0. The predicted molar refractivity (Wildman–Crippen MR) is 116 cm³/mol. The summed E-state index contributed by atoms with van der Waals surface area (Å²) >= 11 is 0. The first kappa shape index (κ1) is 19.6. The number of anilines is 1. The Morgan fingerprint density at radius 3 is 2.53 bits per heavy atom. The Morgan fingerprint density at radius 2 is 1.70 bits per heavy atom. The molecule has 6 heteroatoms. The zero-order valence-corrected chi connectivity index (χ0v) is 17.4. The van der Waals surface area contributed by atoms with E-state index in [0.717, 1.165) is 63.0 Å². The summed E-state index contributed by atoms with van der Waals surface area (Å²) in [5.41, 5.74) is 2.02. The first-order valence-electron chi connectivity index (χ1n) is 11.1. The quantitative estimate of drug-likeness (QED) is 0.769. The Kier molecular flexibility index (Phi) is 5.77. The van der Waals surface area contributed by atoms with Crippen molar-refractivity contribution in [3.05, 3.63) is 53.8 Å². The maximum Gasteiger partial charge on any atom is 0.161 e. The summed E-state index contributed by atoms with van der Waals surface area (Å²) in [6, 6.07) is 14.0. The van der Waals surface area contributed by atoms with Crippen molar-refractivity contribution in [1.29, 1.82) is 0 Å². The van der Waals surface area contributed by atoms with Crippen molar-refractivity contribution in [2.75, 3.05) is 57.4 Å². The van der Waals surface area contributed by atoms with Gasteiger partial charge < -0.3 is 14.4 Å². The minimum absolute atomic E-state index is 0.116. The molecule has 0 aliphatic carbocycles. The molecule has 2 aromatic rings. The highest BCUT2D eigenvalue weighted by atomic mass is 19.1. The summed E-state index contributed by atoms with van der Waals surface area (Å²) in [4.78, 5) is 7.34. The molecule has 2 aromatic carbocycles. The number of piperidine rings is 1. The first-order valence-corrected chi connectivity index (χ1v) is 11.1. The largest absolute Gasteiger partial charge is 0.486 e. The lowest BCUT2D eigenvalue weighted by molar-refractivity contribution is 0.0885. The number of fused-ring (bicyclic) bond motifs is 1. The van der Waals surface area contributed by atoms with Gasteiger partial charge in [-0.2, -0.15) is 0 Å². The van der Waals surface area contributed by atoms with Gasteiger partial charge in [0.15, 0.2) is 11.5 Å². The van der Waals surface area contributed by atoms with Gasteiger partial charge in [-0.25, -0.2) is 4.39 Å². The minimum atomic E-state index is -0.116. The van der Waals surface area contributed by atoms with Gasteiger partial charge in [-0.15, -0.1) is 0 Å². The smallest absolute Gasteiger partial charge is 0.161 e. The van der Waals surface area contributed by atoms with Gasteiger partial charge in [-0.3, -0.25) is 9.80 Å². The van der Waals surface area contributed by atoms with Gasteiger partial charge in [0, 0.05) is 45.3 Å². The van der Waals surface area contributed by atoms with Crippen LogP contribution in [0.4, 0.5) is 10.1 Å². The van der Waals surface area contributed by atoms with Crippen molar-refractivity contribution in [1.82, 2.24) is 9.80 Å². The molecular formula is C24H30FN3O2. The number of rotatable bonds is 4. The zero-order chi connectivity index (χ0) is 20.3. The molecule has 0 spiro atoms. The van der Waals surface area contributed by atoms with Crippen LogP contribution in [0.3, 0.4) is 0 Å². The van der Waals surface area contributed by atoms with E-state index in [9.17, 15) is 4.39 Å². The van der Waals surface area contributed by atoms with E-state index in [0.29, 0.717) is 19.3 Å². The number of piperazine rings is 1. The van der Waals surface area contributed by atoms with E-state index >= 15 is 0 Å². The Hall–Kier alpha value is -2.31. The lowest BCUT2D eigenvalue weighted by Gasteiger charge is -2.44. The number of ether oxygens (including phenoxy) is 2. The first-order chi connectivity index (χ1) is 14.8. The van der Waals surface area contributed by atoms with Crippen molar-refractivity contribution < 1.29 is 13.9 Å². The normalized spacial score (nSPS) is 22.8. The van der Waals surface area contributed by atoms with Crippen molar-refractivity contribution in [3.8, 4) is 11.5 Å². The zero-order valence-electron chi connectivity index (χ0n) is 17.4. The highest BCUT2D eigenvalue weighted by Gasteiger charge is 2.29. The third kappa shape index (κ3) is 4.25. The summed E-state index contributed by atoms with van der Waals surface area (Å²) in [7, 11) is 0. The van der Waals surface area contributed by atoms with Gasteiger partial charge in [-0.05, 0) is 49.2 Å². The lowest BCUT2D eigenvalue weighted by Crippen LogP contribution is -2.55. The number of para-hydroxylation sites is 1. The maximum atomic E-state index is 14.1. The fourth-order valence-electron chi connectivity index (χ4n) is 4.95. The van der Waals surface area contributed by atoms with E-state index in [2.05, 4.69) is 26.8 Å². The van der Waals surface area contributed by atoms with Crippen LogP contribution < -0.4 is 14.4 Å². The van der Waals surface area contributed by atoms with Crippen molar-refractivity contribution in [2.24, 2.45) is 0 Å². The molecule has 2 fully saturated rings. The predicted octanol–water partition coefficient (Wildman–Crippen LogP) is 3.38. The highest BCUT2D eigenvalue weighted by Crippen LogP contribution is 2.31. The maximum absolute atomic E-state index is 14.1. The van der Waals surface area contributed by atoms with E-state index in [-0.39, 0.29) is 5.82 Å². The van der Waals surface area contributed by atoms with E-state index < -0.39 is 0 Å². The molecule has 0 N–H and O–H groups in total. The molecule has 2 saturated heterocycles. The second kappa shape index (κ2) is 8.82. The molecule has 3 heterocycles. The molecule has 1 unspecified atom stereocenters. The molecule has 1 atom stereocenters. The monoisotopic (exact) mass is 411 g/mol. The molecule has 0 bridgehead atoms. The number of hydrogen-bond acceptors (Lipinski definition) is 5. The Balaban J connectivity index is 1.17. The van der Waals surface area contributed by atoms with Crippen LogP contribution in [-0.4, -0.2) is 68.3 Å². The summed E-state index contributed by atoms with van der Waals surface area (Å²) in [6.45, 7) is 8.20. The van der Waals surface area contributed by atoms with E-state index in [4.69, 9.17) is 9.47 Å². The van der Waals surface area contributed by atoms with Crippen molar-refractivity contribution >= 4 is 5.69 Å². The Bertz CT molecular complexity index is 869. The number of likely N-dealkylation sites (tertiary alicyclic amines) is 1. The summed E-state index contributed by atoms with van der Waals surface area (Å²) in [5.74, 6) is 1.61. The van der Waals surface area contributed by atoms with E-state index in [1.54, 1.807) is 12.1 Å². The van der Waals surface area contributed by atoms with Crippen molar-refractivity contribution in [3.63, 3.8) is 0 Å². The van der Waals surface area contributed by atoms with Crippen molar-refractivity contribution in [2.45, 2.75) is 25.4 Å². The van der Waals surface area contributed by atoms with Crippen LogP contribution in [0, 0.1) is 5.82 Å². The van der Waals surface area contributed by atoms with Gasteiger partial charge >= 0.3 is 0 Å². The van der Waals surface area contributed by atoms with Crippen LogP contribution in [0.1, 0.15) is 18.4 Å². The number of benzene rings is 2. The van der Waals surface area contributed by atoms with Crippen LogP contribution in [0.25, 0.3) is 0 Å². The third-order valence-corrected chi connectivity index (χ3v) is 6.52. The molecule has 30 heavy (non-hydrogen) atoms. The van der Waals surface area contributed by atoms with Crippen LogP contribution in [0.5, 0.6) is 11.5 Å². The average Bonchev–Trinajstić information content (AvgIpc) is 2.80. The summed E-state index contributed by atoms with van der Waals surface area (Å²) in [5, 5.41) is 0. The molecule has 3 aliphatic rings. The molecule has 5 rings (SSSR count). The van der Waals surface area contributed by atoms with Gasteiger partial charge in [0.25, 0.3) is 0 Å². The molecule has 0 aromatic heterocycles. The van der Waals surface area contributed by atoms with Gasteiger partial charge in [0.2, 0.25) is 0 Å². The van der Waals surface area contributed by atoms with Gasteiger partial charge in [0.05, 0.1) is 5.69 Å². The Morgan fingerprint density at radius 1 is 0.900 bits per heavy atom. The van der Waals surface area contributed by atoms with Gasteiger partial charge in [-0.1, -0.05) is 18.2 Å². The fourth-order valence-corrected chi connectivity index (χ4v) is 4.95. The van der Waals surface area contributed by atoms with Crippen LogP contribution in [0.15, 0.2) is 42.5 Å². The number of halogens is 1. The topological polar surface area (TPSA) is 28.2 Å². The van der Waals surface area contributed by atoms with Crippen LogP contribution in [-0.2, 0) is 6.54 Å². The summed E-state index contributed by atoms with van der Waals surface area (Å²) in [6.07, 6.45) is 2.47.